The van der Waals surface area contributed by atoms with Crippen molar-refractivity contribution in [2.75, 3.05) is 6.61 Å². The van der Waals surface area contributed by atoms with E-state index in [-0.39, 0.29) is 17.5 Å². The van der Waals surface area contributed by atoms with Gasteiger partial charge in [0.05, 0.1) is 5.60 Å². The first-order valence-corrected chi connectivity index (χ1v) is 14.5. The number of unbranched alkanes of at least 4 members (excludes halogenated alkanes) is 2. The summed E-state index contributed by atoms with van der Waals surface area (Å²) in [6, 6.07) is 13.2. The average molecular weight is 523 g/mol. The lowest BCUT2D eigenvalue weighted by Crippen LogP contribution is -2.26. The summed E-state index contributed by atoms with van der Waals surface area (Å²) in [5.41, 5.74) is 5.18. The summed E-state index contributed by atoms with van der Waals surface area (Å²) >= 11 is 0. The van der Waals surface area contributed by atoms with E-state index in [9.17, 15) is 9.90 Å². The van der Waals surface area contributed by atoms with E-state index in [1.807, 2.05) is 19.1 Å². The van der Waals surface area contributed by atoms with Crippen LogP contribution in [0.4, 0.5) is 0 Å². The van der Waals surface area contributed by atoms with E-state index in [0.29, 0.717) is 6.61 Å². The highest BCUT2D eigenvalue weighted by molar-refractivity contribution is 5.66. The summed E-state index contributed by atoms with van der Waals surface area (Å²) in [5, 5.41) is 11.0. The van der Waals surface area contributed by atoms with Crippen molar-refractivity contribution >= 4 is 12.0 Å². The van der Waals surface area contributed by atoms with Crippen LogP contribution in [-0.4, -0.2) is 29.4 Å². The van der Waals surface area contributed by atoms with E-state index >= 15 is 0 Å². The van der Waals surface area contributed by atoms with Crippen molar-refractivity contribution in [3.63, 3.8) is 0 Å². The van der Waals surface area contributed by atoms with Crippen molar-refractivity contribution in [3.8, 4) is 5.75 Å². The number of esters is 1. The number of ether oxygens (including phenoxy) is 2. The number of carbonyl (C=O) groups excluding carboxylic acids is 1. The molecule has 2 aromatic carbocycles. The summed E-state index contributed by atoms with van der Waals surface area (Å²) in [7, 11) is 0. The lowest BCUT2D eigenvalue weighted by atomic mass is 9.70. The average Bonchev–Trinajstić information content (AvgIpc) is 2.88. The van der Waals surface area contributed by atoms with E-state index in [1.165, 1.54) is 23.6 Å². The normalized spacial score (nSPS) is 14.3. The Morgan fingerprint density at radius 1 is 0.947 bits per heavy atom. The van der Waals surface area contributed by atoms with Gasteiger partial charge in [-0.2, -0.15) is 0 Å². The Bertz CT molecular complexity index is 1070. The van der Waals surface area contributed by atoms with Gasteiger partial charge in [-0.1, -0.05) is 89.4 Å². The minimum absolute atomic E-state index is 0.106. The van der Waals surface area contributed by atoms with Crippen molar-refractivity contribution < 1.29 is 19.4 Å². The van der Waals surface area contributed by atoms with Gasteiger partial charge < -0.3 is 14.6 Å². The smallest absolute Gasteiger partial charge is 0.303 e. The number of aryl methyl sites for hydroxylation is 2. The number of benzene rings is 2. The Balaban J connectivity index is 2.30. The molecule has 0 aliphatic carbocycles. The number of carbonyl (C=O) groups is 1. The maximum atomic E-state index is 11.2. The zero-order valence-electron chi connectivity index (χ0n) is 25.0. The summed E-state index contributed by atoms with van der Waals surface area (Å²) < 4.78 is 11.1. The van der Waals surface area contributed by atoms with Crippen molar-refractivity contribution in [2.45, 2.75) is 117 Å². The number of rotatable bonds is 15. The fraction of sp³-hybridized carbons (Fsp3) is 0.559. The Hall–Kier alpha value is -2.59. The van der Waals surface area contributed by atoms with Gasteiger partial charge in [0.2, 0.25) is 0 Å². The molecule has 2 atom stereocenters. The van der Waals surface area contributed by atoms with Crippen LogP contribution in [0.2, 0.25) is 0 Å². The largest absolute Gasteiger partial charge is 0.489 e. The van der Waals surface area contributed by atoms with E-state index in [2.05, 4.69) is 78.0 Å². The van der Waals surface area contributed by atoms with Gasteiger partial charge >= 0.3 is 5.97 Å². The minimum Gasteiger partial charge on any atom is -0.489 e. The highest BCUT2D eigenvalue weighted by Gasteiger charge is 2.31. The van der Waals surface area contributed by atoms with E-state index in [4.69, 9.17) is 9.47 Å². The molecule has 0 radical (unpaired) electrons. The van der Waals surface area contributed by atoms with Crippen molar-refractivity contribution in [1.82, 2.24) is 0 Å². The number of aliphatic hydroxyl groups is 1. The molecule has 0 bridgehead atoms. The van der Waals surface area contributed by atoms with Gasteiger partial charge in [0.25, 0.3) is 0 Å². The molecule has 0 aliphatic heterocycles. The molecule has 2 rings (SSSR count). The number of hydrogen-bond acceptors (Lipinski definition) is 4. The third-order valence-electron chi connectivity index (χ3n) is 8.00. The molecule has 0 fully saturated rings. The molecule has 38 heavy (non-hydrogen) atoms. The van der Waals surface area contributed by atoms with Gasteiger partial charge in [-0.05, 0) is 80.3 Å². The van der Waals surface area contributed by atoms with Crippen molar-refractivity contribution in [1.29, 1.82) is 0 Å². The van der Waals surface area contributed by atoms with Crippen molar-refractivity contribution in [3.05, 3.63) is 70.3 Å². The van der Waals surface area contributed by atoms with Gasteiger partial charge in [0, 0.05) is 12.3 Å². The second-order valence-electron chi connectivity index (χ2n) is 10.8. The monoisotopic (exact) mass is 522 g/mol. The molecule has 0 aromatic heterocycles. The molecule has 0 saturated heterocycles. The van der Waals surface area contributed by atoms with Gasteiger partial charge in [-0.15, -0.1) is 0 Å². The van der Waals surface area contributed by atoms with Crippen LogP contribution < -0.4 is 4.74 Å². The first kappa shape index (κ1) is 31.6. The van der Waals surface area contributed by atoms with E-state index in [1.54, 1.807) is 0 Å². The van der Waals surface area contributed by atoms with Crippen LogP contribution in [0.5, 0.6) is 5.75 Å². The molecular weight excluding hydrogens is 472 g/mol. The summed E-state index contributed by atoms with van der Waals surface area (Å²) in [6.45, 7) is 16.6. The highest BCUT2D eigenvalue weighted by atomic mass is 16.6. The quantitative estimate of drug-likeness (QED) is 0.188. The molecule has 210 valence electrons. The molecule has 1 N–H and O–H groups in total. The van der Waals surface area contributed by atoms with Gasteiger partial charge in [-0.25, -0.2) is 0 Å². The SMILES string of the molecule is CCCCCC(O)(/C=C/c1ccc(C(CC)(CC)c2ccc(OCC(C)OC(C)=O)c(C)c2)cc1C)CC. The predicted molar refractivity (Wildman–Crippen MR) is 159 cm³/mol. The third-order valence-corrected chi connectivity index (χ3v) is 8.00. The molecule has 4 nitrogen and oxygen atoms in total. The molecule has 0 amide bonds. The fourth-order valence-corrected chi connectivity index (χ4v) is 5.33. The number of hydrogen-bond donors (Lipinski definition) is 1. The molecule has 2 unspecified atom stereocenters. The Labute approximate surface area is 231 Å². The van der Waals surface area contributed by atoms with Gasteiger partial charge in [0.15, 0.2) is 0 Å². The highest BCUT2D eigenvalue weighted by Crippen LogP contribution is 2.41. The van der Waals surface area contributed by atoms with Gasteiger partial charge in [0.1, 0.15) is 18.5 Å². The standard InChI is InChI=1S/C34H50O4/c1-9-13-14-20-33(36,10-2)21-19-29-15-16-30(22-25(29)5)34(11-3,12-4)31-17-18-32(26(6)23-31)37-24-27(7)38-28(8)35/h15-19,21-23,27,36H,9-14,20,24H2,1-8H3/b21-19+. The summed E-state index contributed by atoms with van der Waals surface area (Å²) in [5.74, 6) is 0.515. The van der Waals surface area contributed by atoms with Crippen LogP contribution in [0.25, 0.3) is 6.08 Å². The van der Waals surface area contributed by atoms with Crippen LogP contribution in [0.1, 0.15) is 114 Å². The van der Waals surface area contributed by atoms with Crippen LogP contribution in [0.3, 0.4) is 0 Å². The van der Waals surface area contributed by atoms with Gasteiger partial charge in [-0.3, -0.25) is 4.79 Å². The lowest BCUT2D eigenvalue weighted by molar-refractivity contribution is -0.146. The summed E-state index contributed by atoms with van der Waals surface area (Å²) in [6.07, 6.45) is 10.7. The first-order valence-electron chi connectivity index (χ1n) is 14.5. The molecular formula is C34H50O4. The second-order valence-corrected chi connectivity index (χ2v) is 10.8. The van der Waals surface area contributed by atoms with Crippen LogP contribution >= 0.6 is 0 Å². The van der Waals surface area contributed by atoms with E-state index in [0.717, 1.165) is 61.8 Å². The lowest BCUT2D eigenvalue weighted by Gasteiger charge is -2.34. The first-order chi connectivity index (χ1) is 18.0. The Kier molecular flexibility index (Phi) is 12.1. The molecule has 4 heteroatoms. The fourth-order valence-electron chi connectivity index (χ4n) is 5.33. The van der Waals surface area contributed by atoms with Crippen LogP contribution in [-0.2, 0) is 14.9 Å². The van der Waals surface area contributed by atoms with Crippen LogP contribution in [0.15, 0.2) is 42.5 Å². The topological polar surface area (TPSA) is 55.8 Å². The molecule has 0 aliphatic rings. The predicted octanol–water partition coefficient (Wildman–Crippen LogP) is 8.47. The van der Waals surface area contributed by atoms with E-state index < -0.39 is 5.60 Å². The van der Waals surface area contributed by atoms with Crippen LogP contribution in [0, 0.1) is 13.8 Å². The van der Waals surface area contributed by atoms with Crippen molar-refractivity contribution in [2.24, 2.45) is 0 Å². The second kappa shape index (κ2) is 14.5. The molecule has 0 saturated carbocycles. The zero-order chi connectivity index (χ0) is 28.3. The third kappa shape index (κ3) is 8.20. The molecule has 0 heterocycles. The maximum Gasteiger partial charge on any atom is 0.303 e. The Morgan fingerprint density at radius 3 is 2.11 bits per heavy atom. The zero-order valence-corrected chi connectivity index (χ0v) is 25.0. The minimum atomic E-state index is -0.742. The maximum absolute atomic E-state index is 11.2. The molecule has 2 aromatic rings. The molecule has 0 spiro atoms. The Morgan fingerprint density at radius 2 is 1.58 bits per heavy atom. The summed E-state index contributed by atoms with van der Waals surface area (Å²) in [4.78, 5) is 11.2.